The number of piperazine rings is 1. The quantitative estimate of drug-likeness (QED) is 0.684. The number of rotatable bonds is 6. The third kappa shape index (κ3) is 5.02. The van der Waals surface area contributed by atoms with E-state index < -0.39 is 0 Å². The molecule has 1 aliphatic rings. The number of para-hydroxylation sites is 1. The van der Waals surface area contributed by atoms with Gasteiger partial charge in [-0.1, -0.05) is 30.3 Å². The van der Waals surface area contributed by atoms with Crippen LogP contribution < -0.4 is 10.2 Å². The maximum absolute atomic E-state index is 14.0. The molecular formula is C24H25FN4O. The van der Waals surface area contributed by atoms with Gasteiger partial charge in [-0.3, -0.25) is 14.7 Å². The molecule has 2 aromatic carbocycles. The van der Waals surface area contributed by atoms with Crippen molar-refractivity contribution >= 4 is 11.6 Å². The lowest BCUT2D eigenvalue weighted by molar-refractivity contribution is 0.0950. The molecule has 5 nitrogen and oxygen atoms in total. The van der Waals surface area contributed by atoms with Crippen LogP contribution >= 0.6 is 0 Å². The zero-order chi connectivity index (χ0) is 20.8. The molecule has 0 unspecified atom stereocenters. The lowest BCUT2D eigenvalue weighted by atomic mass is 10.1. The number of hydrogen-bond acceptors (Lipinski definition) is 4. The van der Waals surface area contributed by atoms with Gasteiger partial charge in [-0.25, -0.2) is 4.39 Å². The first-order chi connectivity index (χ1) is 14.7. The Morgan fingerprint density at radius 3 is 2.53 bits per heavy atom. The van der Waals surface area contributed by atoms with Gasteiger partial charge in [-0.15, -0.1) is 0 Å². The fourth-order valence-electron chi connectivity index (χ4n) is 3.71. The van der Waals surface area contributed by atoms with E-state index in [0.29, 0.717) is 17.8 Å². The summed E-state index contributed by atoms with van der Waals surface area (Å²) in [6, 6.07) is 18.5. The molecule has 0 spiro atoms. The van der Waals surface area contributed by atoms with Gasteiger partial charge in [-0.2, -0.15) is 0 Å². The van der Waals surface area contributed by atoms with Crippen molar-refractivity contribution < 1.29 is 9.18 Å². The van der Waals surface area contributed by atoms with E-state index in [-0.39, 0.29) is 11.7 Å². The molecule has 1 saturated heterocycles. The molecule has 0 atom stereocenters. The Balaban J connectivity index is 1.31. The predicted molar refractivity (Wildman–Crippen MR) is 116 cm³/mol. The summed E-state index contributed by atoms with van der Waals surface area (Å²) in [5.41, 5.74) is 3.39. The molecule has 4 rings (SSSR count). The molecular weight excluding hydrogens is 379 g/mol. The van der Waals surface area contributed by atoms with E-state index >= 15 is 0 Å². The zero-order valence-electron chi connectivity index (χ0n) is 16.8. The number of carbonyl (C=O) groups excluding carboxylic acids is 1. The Bertz CT molecular complexity index is 987. The van der Waals surface area contributed by atoms with Crippen LogP contribution in [0.25, 0.3) is 0 Å². The topological polar surface area (TPSA) is 48.5 Å². The molecule has 1 aromatic heterocycles. The van der Waals surface area contributed by atoms with E-state index in [0.717, 1.165) is 43.9 Å². The van der Waals surface area contributed by atoms with Crippen LogP contribution in [0.4, 0.5) is 10.1 Å². The van der Waals surface area contributed by atoms with Crippen LogP contribution in [0.2, 0.25) is 0 Å². The minimum Gasteiger partial charge on any atom is -0.367 e. The van der Waals surface area contributed by atoms with Crippen molar-refractivity contribution in [1.82, 2.24) is 15.2 Å². The minimum absolute atomic E-state index is 0.0925. The van der Waals surface area contributed by atoms with Gasteiger partial charge in [0, 0.05) is 57.2 Å². The van der Waals surface area contributed by atoms with E-state index in [4.69, 9.17) is 0 Å². The van der Waals surface area contributed by atoms with Gasteiger partial charge in [-0.05, 0) is 41.5 Å². The van der Waals surface area contributed by atoms with Gasteiger partial charge in [0.15, 0.2) is 0 Å². The van der Waals surface area contributed by atoms with Crippen molar-refractivity contribution in [1.29, 1.82) is 0 Å². The summed E-state index contributed by atoms with van der Waals surface area (Å²) in [6.45, 7) is 4.50. The number of amides is 1. The molecule has 6 heteroatoms. The number of carbonyl (C=O) groups is 1. The third-order valence-electron chi connectivity index (χ3n) is 5.34. The van der Waals surface area contributed by atoms with E-state index in [1.807, 2.05) is 48.5 Å². The molecule has 0 bridgehead atoms. The summed E-state index contributed by atoms with van der Waals surface area (Å²) >= 11 is 0. The third-order valence-corrected chi connectivity index (χ3v) is 5.34. The van der Waals surface area contributed by atoms with Crippen molar-refractivity contribution in [2.75, 3.05) is 31.1 Å². The molecule has 154 valence electrons. The highest BCUT2D eigenvalue weighted by atomic mass is 19.1. The Hall–Kier alpha value is -3.25. The van der Waals surface area contributed by atoms with Crippen LogP contribution in [-0.4, -0.2) is 42.0 Å². The number of nitrogens with one attached hydrogen (secondary N) is 1. The zero-order valence-corrected chi connectivity index (χ0v) is 16.8. The largest absolute Gasteiger partial charge is 0.367 e. The molecule has 2 heterocycles. The van der Waals surface area contributed by atoms with Crippen molar-refractivity contribution in [3.05, 3.63) is 95.6 Å². The van der Waals surface area contributed by atoms with E-state index in [2.05, 4.69) is 20.1 Å². The standard InChI is InChI=1S/C24H25FN4O/c25-22-8-1-2-9-23(22)29-13-11-28(12-14-29)18-19-5-3-7-21(15-19)24(30)27-17-20-6-4-10-26-16-20/h1-10,15-16H,11-14,17-18H2,(H,27,30). The normalized spacial score (nSPS) is 14.5. The average molecular weight is 404 g/mol. The SMILES string of the molecule is O=C(NCc1cccnc1)c1cccc(CN2CCN(c3ccccc3F)CC2)c1. The van der Waals surface area contributed by atoms with Crippen molar-refractivity contribution in [3.8, 4) is 0 Å². The fourth-order valence-corrected chi connectivity index (χ4v) is 3.71. The smallest absolute Gasteiger partial charge is 0.251 e. The first kappa shape index (κ1) is 20.0. The number of aromatic nitrogens is 1. The maximum Gasteiger partial charge on any atom is 0.251 e. The molecule has 1 aliphatic heterocycles. The fraction of sp³-hybridized carbons (Fsp3) is 0.250. The average Bonchev–Trinajstić information content (AvgIpc) is 2.79. The molecule has 0 radical (unpaired) electrons. The van der Waals surface area contributed by atoms with Crippen LogP contribution in [0.15, 0.2) is 73.1 Å². The van der Waals surface area contributed by atoms with E-state index in [9.17, 15) is 9.18 Å². The highest BCUT2D eigenvalue weighted by Gasteiger charge is 2.19. The van der Waals surface area contributed by atoms with Crippen LogP contribution in [-0.2, 0) is 13.1 Å². The van der Waals surface area contributed by atoms with Crippen LogP contribution in [0.1, 0.15) is 21.5 Å². The minimum atomic E-state index is -0.170. The molecule has 1 amide bonds. The van der Waals surface area contributed by atoms with Gasteiger partial charge >= 0.3 is 0 Å². The Kier molecular flexibility index (Phi) is 6.35. The highest BCUT2D eigenvalue weighted by molar-refractivity contribution is 5.94. The number of halogens is 1. The molecule has 0 aliphatic carbocycles. The number of pyridine rings is 1. The van der Waals surface area contributed by atoms with Crippen LogP contribution in [0, 0.1) is 5.82 Å². The molecule has 30 heavy (non-hydrogen) atoms. The van der Waals surface area contributed by atoms with Crippen LogP contribution in [0.5, 0.6) is 0 Å². The van der Waals surface area contributed by atoms with Gasteiger partial charge < -0.3 is 10.2 Å². The predicted octanol–water partition coefficient (Wildman–Crippen LogP) is 3.47. The summed E-state index contributed by atoms with van der Waals surface area (Å²) in [5, 5.41) is 2.94. The summed E-state index contributed by atoms with van der Waals surface area (Å²) < 4.78 is 14.0. The number of benzene rings is 2. The number of nitrogens with zero attached hydrogens (tertiary/aromatic N) is 3. The van der Waals surface area contributed by atoms with Crippen molar-refractivity contribution in [2.45, 2.75) is 13.1 Å². The summed E-state index contributed by atoms with van der Waals surface area (Å²) in [6.07, 6.45) is 3.46. The molecule has 1 N–H and O–H groups in total. The van der Waals surface area contributed by atoms with E-state index in [1.54, 1.807) is 18.5 Å². The molecule has 1 fully saturated rings. The lowest BCUT2D eigenvalue weighted by Gasteiger charge is -2.36. The molecule has 3 aromatic rings. The first-order valence-corrected chi connectivity index (χ1v) is 10.2. The van der Waals surface area contributed by atoms with Crippen molar-refractivity contribution in [2.24, 2.45) is 0 Å². The van der Waals surface area contributed by atoms with Gasteiger partial charge in [0.2, 0.25) is 0 Å². The second-order valence-electron chi connectivity index (χ2n) is 7.46. The van der Waals surface area contributed by atoms with Crippen molar-refractivity contribution in [3.63, 3.8) is 0 Å². The summed E-state index contributed by atoms with van der Waals surface area (Å²) in [5.74, 6) is -0.263. The Morgan fingerprint density at radius 1 is 0.967 bits per heavy atom. The second kappa shape index (κ2) is 9.50. The van der Waals surface area contributed by atoms with Crippen LogP contribution in [0.3, 0.4) is 0 Å². The first-order valence-electron chi connectivity index (χ1n) is 10.2. The number of anilines is 1. The lowest BCUT2D eigenvalue weighted by Crippen LogP contribution is -2.46. The Labute approximate surface area is 176 Å². The summed E-state index contributed by atoms with van der Waals surface area (Å²) in [7, 11) is 0. The van der Waals surface area contributed by atoms with Gasteiger partial charge in [0.05, 0.1) is 5.69 Å². The Morgan fingerprint density at radius 2 is 1.77 bits per heavy atom. The second-order valence-corrected chi connectivity index (χ2v) is 7.46. The van der Waals surface area contributed by atoms with Gasteiger partial charge in [0.25, 0.3) is 5.91 Å². The van der Waals surface area contributed by atoms with E-state index in [1.165, 1.54) is 6.07 Å². The number of hydrogen-bond donors (Lipinski definition) is 1. The highest BCUT2D eigenvalue weighted by Crippen LogP contribution is 2.21. The molecule has 0 saturated carbocycles. The van der Waals surface area contributed by atoms with Gasteiger partial charge in [0.1, 0.15) is 5.82 Å². The maximum atomic E-state index is 14.0. The monoisotopic (exact) mass is 404 g/mol. The summed E-state index contributed by atoms with van der Waals surface area (Å²) in [4.78, 5) is 21.0.